The normalized spacial score (nSPS) is 24.9. The van der Waals surface area contributed by atoms with Gasteiger partial charge in [-0.05, 0) is 44.7 Å². The predicted octanol–water partition coefficient (Wildman–Crippen LogP) is 3.92. The van der Waals surface area contributed by atoms with Crippen molar-refractivity contribution in [3.8, 4) is 0 Å². The molecule has 0 aromatic carbocycles. The van der Waals surface area contributed by atoms with E-state index in [1.165, 1.54) is 18.2 Å². The third-order valence-electron chi connectivity index (χ3n) is 7.04. The van der Waals surface area contributed by atoms with Crippen LogP contribution < -0.4 is 4.90 Å². The lowest BCUT2D eigenvalue weighted by Gasteiger charge is -2.36. The maximum Gasteiger partial charge on any atom is 0.211 e. The van der Waals surface area contributed by atoms with Gasteiger partial charge in [0.1, 0.15) is 17.1 Å². The lowest BCUT2D eigenvalue weighted by molar-refractivity contribution is 0.249. The summed E-state index contributed by atoms with van der Waals surface area (Å²) in [6.07, 6.45) is 13.2. The van der Waals surface area contributed by atoms with Gasteiger partial charge < -0.3 is 9.88 Å². The molecule has 3 atom stereocenters. The van der Waals surface area contributed by atoms with E-state index in [1.54, 1.807) is 10.6 Å². The summed E-state index contributed by atoms with van der Waals surface area (Å²) in [7, 11) is -2.93. The van der Waals surface area contributed by atoms with Gasteiger partial charge in [0.25, 0.3) is 0 Å². The van der Waals surface area contributed by atoms with Crippen molar-refractivity contribution in [1.82, 2.24) is 24.2 Å². The van der Waals surface area contributed by atoms with Crippen molar-refractivity contribution in [1.29, 1.82) is 0 Å². The third-order valence-corrected chi connectivity index (χ3v) is 8.59. The molecule has 8 nitrogen and oxygen atoms in total. The summed E-state index contributed by atoms with van der Waals surface area (Å²) in [5, 5.41) is 1.59. The Balaban J connectivity index is 0.000000162. The van der Waals surface area contributed by atoms with Crippen LogP contribution in [-0.2, 0) is 23.0 Å². The van der Waals surface area contributed by atoms with E-state index in [9.17, 15) is 8.42 Å². The molecule has 10 heteroatoms. The molecule has 3 aromatic rings. The summed E-state index contributed by atoms with van der Waals surface area (Å²) in [4.78, 5) is 18.3. The molecule has 2 bridgehead atoms. The van der Waals surface area contributed by atoms with Crippen molar-refractivity contribution in [2.45, 2.75) is 70.1 Å². The summed E-state index contributed by atoms with van der Waals surface area (Å²) < 4.78 is 24.5. The fourth-order valence-corrected chi connectivity index (χ4v) is 7.28. The average Bonchev–Trinajstić information content (AvgIpc) is 3.35. The number of aromatic amines is 1. The molecule has 6 rings (SSSR count). The number of aromatic nitrogens is 4. The number of hydrogen-bond acceptors (Lipinski definition) is 6. The second-order valence-corrected chi connectivity index (χ2v) is 11.6. The Morgan fingerprint density at radius 2 is 1.94 bits per heavy atom. The van der Waals surface area contributed by atoms with E-state index in [2.05, 4.69) is 31.8 Å². The highest BCUT2D eigenvalue weighted by Crippen LogP contribution is 2.37. The second kappa shape index (κ2) is 8.85. The first-order valence-corrected chi connectivity index (χ1v) is 13.7. The second-order valence-electron chi connectivity index (χ2n) is 9.29. The van der Waals surface area contributed by atoms with Crippen LogP contribution in [0.3, 0.4) is 0 Å². The van der Waals surface area contributed by atoms with E-state index in [0.717, 1.165) is 61.1 Å². The number of fused-ring (bicyclic) bond motifs is 4. The monoisotopic (exact) mass is 488 g/mol. The van der Waals surface area contributed by atoms with E-state index in [0.29, 0.717) is 23.3 Å². The number of hydrogen-bond donors (Lipinski definition) is 1. The van der Waals surface area contributed by atoms with Crippen molar-refractivity contribution in [3.05, 3.63) is 47.3 Å². The van der Waals surface area contributed by atoms with Crippen LogP contribution in [0.25, 0.3) is 11.0 Å². The summed E-state index contributed by atoms with van der Waals surface area (Å²) in [6, 6.07) is 4.99. The standard InChI is InChI=1S/C15H14ClN5.C8H15NO2S/c1-9-4-12-10(6-17-8-19-12)7-21(9)13-5-14(16)20-15-11(13)2-3-18-15;1-12(10,11)9-7-3-2-4-8(9)6-5-7/h2-3,5-6,8-9H,4,7H2,1H3,(H,18,20);7-8H,2-6H2,1H3/t;7-,8?/m.1/s1. The number of halogens is 1. The molecule has 0 spiro atoms. The zero-order chi connectivity index (χ0) is 23.2. The molecule has 3 aliphatic heterocycles. The number of H-pyrrole nitrogens is 1. The smallest absolute Gasteiger partial charge is 0.211 e. The number of piperidine rings is 1. The minimum atomic E-state index is -2.93. The summed E-state index contributed by atoms with van der Waals surface area (Å²) in [5.41, 5.74) is 4.24. The van der Waals surface area contributed by atoms with Crippen LogP contribution in [0.5, 0.6) is 0 Å². The highest BCUT2D eigenvalue weighted by Gasteiger charge is 2.41. The van der Waals surface area contributed by atoms with Crippen LogP contribution >= 0.6 is 11.6 Å². The Bertz CT molecular complexity index is 1250. The summed E-state index contributed by atoms with van der Waals surface area (Å²) in [5.74, 6) is 0. The zero-order valence-electron chi connectivity index (χ0n) is 18.9. The molecular weight excluding hydrogens is 460 g/mol. The van der Waals surface area contributed by atoms with Crippen molar-refractivity contribution in [2.75, 3.05) is 11.2 Å². The molecule has 3 aromatic heterocycles. The summed E-state index contributed by atoms with van der Waals surface area (Å²) in [6.45, 7) is 3.00. The zero-order valence-corrected chi connectivity index (χ0v) is 20.5. The van der Waals surface area contributed by atoms with Gasteiger partial charge in [-0.3, -0.25) is 0 Å². The van der Waals surface area contributed by atoms with Gasteiger partial charge in [0.05, 0.1) is 17.6 Å². The molecule has 0 aliphatic carbocycles. The minimum Gasteiger partial charge on any atom is -0.363 e. The fourth-order valence-electron chi connectivity index (χ4n) is 5.59. The Morgan fingerprint density at radius 3 is 2.64 bits per heavy atom. The molecule has 6 heterocycles. The molecule has 2 fully saturated rings. The predicted molar refractivity (Wildman–Crippen MR) is 130 cm³/mol. The highest BCUT2D eigenvalue weighted by molar-refractivity contribution is 7.88. The van der Waals surface area contributed by atoms with Crippen LogP contribution in [0.2, 0.25) is 5.15 Å². The van der Waals surface area contributed by atoms with E-state index < -0.39 is 10.0 Å². The lowest BCUT2D eigenvalue weighted by Crippen LogP contribution is -2.43. The van der Waals surface area contributed by atoms with Crippen LogP contribution in [0.1, 0.15) is 50.3 Å². The van der Waals surface area contributed by atoms with E-state index in [4.69, 9.17) is 11.6 Å². The summed E-state index contributed by atoms with van der Waals surface area (Å²) >= 11 is 6.17. The molecule has 33 heavy (non-hydrogen) atoms. The van der Waals surface area contributed by atoms with Gasteiger partial charge in [-0.2, -0.15) is 4.31 Å². The van der Waals surface area contributed by atoms with Gasteiger partial charge in [0, 0.05) is 54.4 Å². The van der Waals surface area contributed by atoms with E-state index >= 15 is 0 Å². The maximum absolute atomic E-state index is 11.4. The Morgan fingerprint density at radius 1 is 1.18 bits per heavy atom. The molecular formula is C23H29ClN6O2S. The fraction of sp³-hybridized carbons (Fsp3) is 0.522. The Kier molecular flexibility index (Phi) is 6.05. The van der Waals surface area contributed by atoms with Gasteiger partial charge >= 0.3 is 0 Å². The number of anilines is 1. The quantitative estimate of drug-likeness (QED) is 0.549. The van der Waals surface area contributed by atoms with Crippen LogP contribution in [0.4, 0.5) is 5.69 Å². The first kappa shape index (κ1) is 22.6. The molecule has 2 saturated heterocycles. The first-order chi connectivity index (χ1) is 15.8. The van der Waals surface area contributed by atoms with Gasteiger partial charge in [-0.25, -0.2) is 23.4 Å². The molecule has 0 radical (unpaired) electrons. The first-order valence-electron chi connectivity index (χ1n) is 11.5. The Hall–Kier alpha value is -2.23. The number of nitrogens with one attached hydrogen (secondary N) is 1. The average molecular weight is 489 g/mol. The van der Waals surface area contributed by atoms with Crippen molar-refractivity contribution < 1.29 is 8.42 Å². The largest absolute Gasteiger partial charge is 0.363 e. The number of sulfonamides is 1. The van der Waals surface area contributed by atoms with Gasteiger partial charge in [0.15, 0.2) is 0 Å². The van der Waals surface area contributed by atoms with Gasteiger partial charge in [-0.1, -0.05) is 18.0 Å². The topological polar surface area (TPSA) is 95.1 Å². The number of nitrogens with zero attached hydrogens (tertiary/aromatic N) is 5. The lowest BCUT2D eigenvalue weighted by atomic mass is 10.00. The van der Waals surface area contributed by atoms with Crippen molar-refractivity contribution in [3.63, 3.8) is 0 Å². The van der Waals surface area contributed by atoms with E-state index in [1.807, 2.05) is 24.5 Å². The molecule has 176 valence electrons. The van der Waals surface area contributed by atoms with Crippen molar-refractivity contribution >= 4 is 38.3 Å². The third kappa shape index (κ3) is 4.46. The molecule has 2 unspecified atom stereocenters. The minimum absolute atomic E-state index is 0.332. The molecule has 0 saturated carbocycles. The number of pyridine rings is 1. The molecule has 1 N–H and O–H groups in total. The maximum atomic E-state index is 11.4. The SMILES string of the molecule is CC1Cc2ncncc2CN1c1cc(Cl)nc2[nH]ccc12.CS(=O)(=O)N1C2CCC[C@@H]1CC2. The van der Waals surface area contributed by atoms with E-state index in [-0.39, 0.29) is 0 Å². The highest BCUT2D eigenvalue weighted by atomic mass is 35.5. The Labute approximate surface area is 199 Å². The van der Waals surface area contributed by atoms with Gasteiger partial charge in [-0.15, -0.1) is 0 Å². The molecule has 3 aliphatic rings. The van der Waals surface area contributed by atoms with Gasteiger partial charge in [0.2, 0.25) is 10.0 Å². The van der Waals surface area contributed by atoms with Crippen LogP contribution in [0.15, 0.2) is 30.9 Å². The number of rotatable bonds is 2. The van der Waals surface area contributed by atoms with Crippen LogP contribution in [-0.4, -0.2) is 57.0 Å². The van der Waals surface area contributed by atoms with Crippen molar-refractivity contribution in [2.24, 2.45) is 0 Å². The molecule has 0 amide bonds. The van der Waals surface area contributed by atoms with Crippen LogP contribution in [0, 0.1) is 0 Å².